The molecule has 0 bridgehead atoms. The van der Waals surface area contributed by atoms with Crippen LogP contribution in [0.4, 0.5) is 0 Å². The Morgan fingerprint density at radius 2 is 1.30 bits per heavy atom. The van der Waals surface area contributed by atoms with Gasteiger partial charge in [0.25, 0.3) is 0 Å². The highest BCUT2D eigenvalue weighted by atomic mass is 14.7. The summed E-state index contributed by atoms with van der Waals surface area (Å²) in [7, 11) is 0. The maximum atomic E-state index is 9.09. The van der Waals surface area contributed by atoms with Crippen LogP contribution in [0.5, 0.6) is 0 Å². The Hall–Kier alpha value is -3.96. The third kappa shape index (κ3) is 3.11. The quantitative estimate of drug-likeness (QED) is 0.243. The average molecular weight is 384 g/mol. The summed E-state index contributed by atoms with van der Waals surface area (Å²) >= 11 is 0. The topological polar surface area (TPSA) is 36.1 Å². The van der Waals surface area contributed by atoms with E-state index in [0.717, 1.165) is 16.8 Å². The fourth-order valence-electron chi connectivity index (χ4n) is 4.17. The molecule has 0 amide bonds. The van der Waals surface area contributed by atoms with Crippen molar-refractivity contribution >= 4 is 38.0 Å². The Morgan fingerprint density at radius 1 is 0.700 bits per heavy atom. The Labute approximate surface area is 175 Å². The van der Waals surface area contributed by atoms with Crippen LogP contribution in [0.1, 0.15) is 23.6 Å². The molecular weight excluding hydrogens is 364 g/mol. The van der Waals surface area contributed by atoms with E-state index in [0.29, 0.717) is 12.1 Å². The number of hydrogen-bond donors (Lipinski definition) is 0. The predicted octanol–water partition coefficient (Wildman–Crippen LogP) is 7.03. The Balaban J connectivity index is 1.63. The smallest absolute Gasteiger partial charge is 0.0991 e. The second-order valence-corrected chi connectivity index (χ2v) is 7.57. The van der Waals surface area contributed by atoms with Crippen LogP contribution < -0.4 is 0 Å². The molecule has 0 unspecified atom stereocenters. The lowest BCUT2D eigenvalue weighted by atomic mass is 9.93. The summed E-state index contributed by atoms with van der Waals surface area (Å²) < 4.78 is 0. The number of hydrogen-bond acceptors (Lipinski definition) is 2. The van der Waals surface area contributed by atoms with E-state index in [-0.39, 0.29) is 0 Å². The van der Waals surface area contributed by atoms with Crippen molar-refractivity contribution in [2.24, 2.45) is 4.99 Å². The zero-order chi connectivity index (χ0) is 20.5. The van der Waals surface area contributed by atoms with Crippen molar-refractivity contribution in [1.82, 2.24) is 0 Å². The predicted molar refractivity (Wildman–Crippen MR) is 126 cm³/mol. The lowest BCUT2D eigenvalue weighted by molar-refractivity contribution is 1.06. The molecule has 0 aliphatic carbocycles. The average Bonchev–Trinajstić information content (AvgIpc) is 2.82. The van der Waals surface area contributed by atoms with Crippen LogP contribution in [0.2, 0.25) is 0 Å². The van der Waals surface area contributed by atoms with Crippen LogP contribution in [0.15, 0.2) is 96.0 Å². The molecule has 2 nitrogen and oxygen atoms in total. The molecule has 0 aliphatic heterocycles. The molecule has 0 saturated carbocycles. The largest absolute Gasteiger partial charge is 0.285 e. The third-order valence-corrected chi connectivity index (χ3v) is 5.72. The zero-order valence-electron chi connectivity index (χ0n) is 16.8. The van der Waals surface area contributed by atoms with Crippen LogP contribution in [0, 0.1) is 11.3 Å². The molecule has 0 atom stereocenters. The van der Waals surface area contributed by atoms with E-state index >= 15 is 0 Å². The second kappa shape index (κ2) is 7.46. The van der Waals surface area contributed by atoms with E-state index in [4.69, 9.17) is 10.3 Å². The maximum absolute atomic E-state index is 9.09. The number of fused-ring (bicyclic) bond motifs is 6. The maximum Gasteiger partial charge on any atom is 0.0991 e. The van der Waals surface area contributed by atoms with Gasteiger partial charge in [0.2, 0.25) is 0 Å². The first kappa shape index (κ1) is 18.1. The van der Waals surface area contributed by atoms with Crippen LogP contribution in [0.3, 0.4) is 0 Å². The van der Waals surface area contributed by atoms with E-state index < -0.39 is 0 Å². The van der Waals surface area contributed by atoms with Crippen molar-refractivity contribution in [2.75, 3.05) is 0 Å². The minimum atomic E-state index is 0.567. The molecule has 5 aromatic rings. The normalized spacial score (nSPS) is 11.8. The van der Waals surface area contributed by atoms with Crippen molar-refractivity contribution in [1.29, 1.82) is 5.26 Å². The molecular formula is C28H20N2. The number of aliphatic imine (C=N–C) groups is 1. The van der Waals surface area contributed by atoms with Gasteiger partial charge in [-0.25, -0.2) is 0 Å². The van der Waals surface area contributed by atoms with Gasteiger partial charge in [0.15, 0.2) is 0 Å². The van der Waals surface area contributed by atoms with Crippen molar-refractivity contribution < 1.29 is 0 Å². The summed E-state index contributed by atoms with van der Waals surface area (Å²) in [6, 6.07) is 33.7. The molecule has 0 aromatic heterocycles. The Morgan fingerprint density at radius 3 is 1.93 bits per heavy atom. The fourth-order valence-corrected chi connectivity index (χ4v) is 4.17. The van der Waals surface area contributed by atoms with E-state index in [2.05, 4.69) is 79.7 Å². The molecule has 2 heteroatoms. The lowest BCUT2D eigenvalue weighted by Crippen LogP contribution is -1.97. The molecule has 0 fully saturated rings. The summed E-state index contributed by atoms with van der Waals surface area (Å²) in [4.78, 5) is 4.80. The van der Waals surface area contributed by atoms with Crippen LogP contribution in [0.25, 0.3) is 32.3 Å². The number of rotatable bonds is 3. The summed E-state index contributed by atoms with van der Waals surface area (Å²) in [5.74, 6) is 0. The van der Waals surface area contributed by atoms with Crippen molar-refractivity contribution in [2.45, 2.75) is 13.5 Å². The number of nitrogens with zero attached hydrogens (tertiary/aromatic N) is 2. The first-order chi connectivity index (χ1) is 14.7. The molecule has 30 heavy (non-hydrogen) atoms. The van der Waals surface area contributed by atoms with Gasteiger partial charge < -0.3 is 0 Å². The Kier molecular flexibility index (Phi) is 4.50. The zero-order valence-corrected chi connectivity index (χ0v) is 16.8. The highest BCUT2D eigenvalue weighted by Gasteiger charge is 2.09. The third-order valence-electron chi connectivity index (χ3n) is 5.72. The fraction of sp³-hybridized carbons (Fsp3) is 0.0714. The number of benzene rings is 5. The molecule has 0 heterocycles. The lowest BCUT2D eigenvalue weighted by Gasteiger charge is -2.12. The SMILES string of the molecule is CC(=NCc1cccc(C#N)c1)c1ccc2c3ccccc3c3ccccc3c2c1. The van der Waals surface area contributed by atoms with E-state index in [1.54, 1.807) is 0 Å². The molecule has 0 saturated heterocycles. The van der Waals surface area contributed by atoms with Crippen molar-refractivity contribution in [3.05, 3.63) is 108 Å². The molecule has 0 radical (unpaired) electrons. The first-order valence-corrected chi connectivity index (χ1v) is 10.1. The van der Waals surface area contributed by atoms with Crippen LogP contribution >= 0.6 is 0 Å². The second-order valence-electron chi connectivity index (χ2n) is 7.57. The first-order valence-electron chi connectivity index (χ1n) is 10.1. The van der Waals surface area contributed by atoms with Crippen molar-refractivity contribution in [3.63, 3.8) is 0 Å². The highest BCUT2D eigenvalue weighted by molar-refractivity contribution is 6.26. The summed E-state index contributed by atoms with van der Waals surface area (Å²) in [6.45, 7) is 2.62. The summed E-state index contributed by atoms with van der Waals surface area (Å²) in [5.41, 5.74) is 3.84. The number of nitriles is 1. The van der Waals surface area contributed by atoms with Gasteiger partial charge in [-0.2, -0.15) is 5.26 Å². The van der Waals surface area contributed by atoms with Gasteiger partial charge in [0.05, 0.1) is 18.2 Å². The van der Waals surface area contributed by atoms with Gasteiger partial charge in [0, 0.05) is 5.71 Å². The van der Waals surface area contributed by atoms with Gasteiger partial charge in [-0.15, -0.1) is 0 Å². The van der Waals surface area contributed by atoms with Crippen LogP contribution in [-0.2, 0) is 6.54 Å². The minimum absolute atomic E-state index is 0.567. The van der Waals surface area contributed by atoms with Crippen molar-refractivity contribution in [3.8, 4) is 6.07 Å². The van der Waals surface area contributed by atoms with Gasteiger partial charge >= 0.3 is 0 Å². The summed E-state index contributed by atoms with van der Waals surface area (Å²) in [5, 5.41) is 16.7. The van der Waals surface area contributed by atoms with Crippen LogP contribution in [-0.4, -0.2) is 5.71 Å². The van der Waals surface area contributed by atoms with Gasteiger partial charge in [-0.1, -0.05) is 72.8 Å². The molecule has 5 rings (SSSR count). The van der Waals surface area contributed by atoms with E-state index in [1.165, 1.54) is 32.3 Å². The monoisotopic (exact) mass is 384 g/mol. The van der Waals surface area contributed by atoms with E-state index in [9.17, 15) is 0 Å². The standard InChI is InChI=1S/C28H20N2/c1-19(30-18-21-8-6-7-20(15-21)17-29)22-13-14-27-25-11-3-2-9-23(25)24-10-4-5-12-26(24)28(27)16-22/h2-16H,18H2,1H3. The molecule has 0 spiro atoms. The van der Waals surface area contributed by atoms with Gasteiger partial charge in [-0.05, 0) is 68.6 Å². The van der Waals surface area contributed by atoms with Gasteiger partial charge in [0.1, 0.15) is 0 Å². The van der Waals surface area contributed by atoms with E-state index in [1.807, 2.05) is 24.3 Å². The summed E-state index contributed by atoms with van der Waals surface area (Å²) in [6.07, 6.45) is 0. The van der Waals surface area contributed by atoms with Gasteiger partial charge in [-0.3, -0.25) is 4.99 Å². The minimum Gasteiger partial charge on any atom is -0.285 e. The Bertz CT molecular complexity index is 1450. The molecule has 5 aromatic carbocycles. The molecule has 0 aliphatic rings. The molecule has 142 valence electrons. The molecule has 0 N–H and O–H groups in total. The highest BCUT2D eigenvalue weighted by Crippen LogP contribution is 2.35.